The molecular weight excluding hydrogens is 467 g/mol. The lowest BCUT2D eigenvalue weighted by atomic mass is 9.65. The van der Waals surface area contributed by atoms with E-state index in [-0.39, 0.29) is 16.7 Å². The van der Waals surface area contributed by atoms with Gasteiger partial charge in [-0.05, 0) is 63.0 Å². The molecule has 2 amide bonds. The molecule has 8 nitrogen and oxygen atoms in total. The third kappa shape index (κ3) is 4.79. The van der Waals surface area contributed by atoms with Gasteiger partial charge in [-0.15, -0.1) is 0 Å². The van der Waals surface area contributed by atoms with Gasteiger partial charge in [0, 0.05) is 39.3 Å². The van der Waals surface area contributed by atoms with E-state index in [1.165, 1.54) is 6.26 Å². The molecule has 2 atom stereocenters. The van der Waals surface area contributed by atoms with E-state index in [1.807, 2.05) is 4.90 Å². The molecule has 0 bridgehead atoms. The fraction of sp³-hybridized carbons (Fsp3) is 0.708. The number of carboxylic acid groups (broad SMARTS) is 1. The standard InChI is InChI=1S/C22H31N3O3.C2HF3O2/c1-23-14-18-21(5-6-22(18,16-23)20(27)25-9-2-3-10-25)7-11-24(12-8-21)19(26)17-4-13-28-15-17;3-2(4,5)1(6)7/h4,13,15,18H,2-3,5-12,14,16H2,1H3;(H,6,7)/t18-,22+;/m0./s1. The molecule has 4 aliphatic rings. The highest BCUT2D eigenvalue weighted by molar-refractivity contribution is 5.93. The number of fused-ring (bicyclic) bond motifs is 2. The summed E-state index contributed by atoms with van der Waals surface area (Å²) in [5.74, 6) is -1.82. The summed E-state index contributed by atoms with van der Waals surface area (Å²) in [7, 11) is 2.17. The van der Waals surface area contributed by atoms with Crippen molar-refractivity contribution in [3.05, 3.63) is 24.2 Å². The Morgan fingerprint density at radius 3 is 2.20 bits per heavy atom. The first-order valence-electron chi connectivity index (χ1n) is 12.1. The van der Waals surface area contributed by atoms with Gasteiger partial charge in [0.1, 0.15) is 6.26 Å². The molecule has 1 saturated carbocycles. The quantitative estimate of drug-likeness (QED) is 0.672. The van der Waals surface area contributed by atoms with Gasteiger partial charge >= 0.3 is 12.1 Å². The molecule has 5 rings (SSSR count). The largest absolute Gasteiger partial charge is 0.490 e. The van der Waals surface area contributed by atoms with Crippen LogP contribution in [-0.4, -0.2) is 90.1 Å². The van der Waals surface area contributed by atoms with E-state index >= 15 is 0 Å². The molecule has 3 aliphatic heterocycles. The lowest BCUT2D eigenvalue weighted by Gasteiger charge is -2.44. The van der Waals surface area contributed by atoms with Crippen LogP contribution in [0.15, 0.2) is 23.0 Å². The highest BCUT2D eigenvalue weighted by Crippen LogP contribution is 2.62. The van der Waals surface area contributed by atoms with Crippen molar-refractivity contribution >= 4 is 17.8 Å². The van der Waals surface area contributed by atoms with Gasteiger partial charge in [0.05, 0.1) is 17.2 Å². The molecule has 1 aromatic heterocycles. The van der Waals surface area contributed by atoms with Crippen molar-refractivity contribution in [3.63, 3.8) is 0 Å². The number of nitrogens with zero attached hydrogens (tertiary/aromatic N) is 3. The molecule has 1 aliphatic carbocycles. The van der Waals surface area contributed by atoms with Crippen LogP contribution in [-0.2, 0) is 9.59 Å². The van der Waals surface area contributed by atoms with Crippen molar-refractivity contribution in [1.29, 1.82) is 0 Å². The van der Waals surface area contributed by atoms with E-state index in [4.69, 9.17) is 14.3 Å². The van der Waals surface area contributed by atoms with Crippen LogP contribution in [0.3, 0.4) is 0 Å². The number of hydrogen-bond acceptors (Lipinski definition) is 5. The van der Waals surface area contributed by atoms with Crippen LogP contribution in [0, 0.1) is 16.7 Å². The van der Waals surface area contributed by atoms with E-state index in [0.29, 0.717) is 17.4 Å². The van der Waals surface area contributed by atoms with Crippen molar-refractivity contribution in [1.82, 2.24) is 14.7 Å². The normalized spacial score (nSPS) is 28.1. The fourth-order valence-corrected chi connectivity index (χ4v) is 6.70. The van der Waals surface area contributed by atoms with E-state index in [1.54, 1.807) is 12.3 Å². The fourth-order valence-electron chi connectivity index (χ4n) is 6.70. The molecule has 1 aromatic rings. The molecule has 0 unspecified atom stereocenters. The minimum atomic E-state index is -5.08. The molecular formula is C24H32F3N3O5. The number of halogens is 3. The first-order valence-corrected chi connectivity index (χ1v) is 12.1. The minimum absolute atomic E-state index is 0.0737. The maximum atomic E-state index is 13.6. The Hall–Kier alpha value is -2.56. The molecule has 1 spiro atoms. The minimum Gasteiger partial charge on any atom is -0.475 e. The second-order valence-electron chi connectivity index (χ2n) is 10.4. The molecule has 194 valence electrons. The van der Waals surface area contributed by atoms with Crippen LogP contribution in [0.2, 0.25) is 0 Å². The molecule has 11 heteroatoms. The molecule has 35 heavy (non-hydrogen) atoms. The third-order valence-electron chi connectivity index (χ3n) is 8.40. The molecule has 3 saturated heterocycles. The number of carbonyl (C=O) groups excluding carboxylic acids is 2. The number of aliphatic carboxylic acids is 1. The average molecular weight is 500 g/mol. The zero-order chi connectivity index (χ0) is 25.4. The number of carboxylic acids is 1. The number of hydrogen-bond donors (Lipinski definition) is 1. The number of alkyl halides is 3. The Labute approximate surface area is 202 Å². The summed E-state index contributed by atoms with van der Waals surface area (Å²) >= 11 is 0. The Bertz CT molecular complexity index is 937. The van der Waals surface area contributed by atoms with Crippen LogP contribution in [0.25, 0.3) is 0 Å². The lowest BCUT2D eigenvalue weighted by molar-refractivity contribution is -0.192. The first kappa shape index (κ1) is 25.5. The van der Waals surface area contributed by atoms with E-state index in [9.17, 15) is 22.8 Å². The topological polar surface area (TPSA) is 94.3 Å². The van der Waals surface area contributed by atoms with E-state index in [0.717, 1.165) is 77.8 Å². The third-order valence-corrected chi connectivity index (χ3v) is 8.40. The van der Waals surface area contributed by atoms with Gasteiger partial charge in [0.15, 0.2) is 0 Å². The van der Waals surface area contributed by atoms with Gasteiger partial charge in [-0.1, -0.05) is 0 Å². The van der Waals surface area contributed by atoms with Crippen LogP contribution in [0.1, 0.15) is 48.9 Å². The average Bonchev–Trinajstić information content (AvgIpc) is 3.60. The van der Waals surface area contributed by atoms with Crippen molar-refractivity contribution < 1.29 is 37.1 Å². The molecule has 0 aromatic carbocycles. The zero-order valence-electron chi connectivity index (χ0n) is 19.9. The molecule has 4 heterocycles. The van der Waals surface area contributed by atoms with Crippen LogP contribution in [0.5, 0.6) is 0 Å². The van der Waals surface area contributed by atoms with Gasteiger partial charge in [0.25, 0.3) is 5.91 Å². The van der Waals surface area contributed by atoms with Gasteiger partial charge in [0.2, 0.25) is 5.91 Å². The lowest BCUT2D eigenvalue weighted by Crippen LogP contribution is -2.50. The second-order valence-corrected chi connectivity index (χ2v) is 10.4. The zero-order valence-corrected chi connectivity index (χ0v) is 19.9. The predicted molar refractivity (Wildman–Crippen MR) is 118 cm³/mol. The second kappa shape index (κ2) is 9.48. The number of carbonyl (C=O) groups is 3. The maximum absolute atomic E-state index is 13.6. The van der Waals surface area contributed by atoms with Crippen molar-refractivity contribution in [3.8, 4) is 0 Å². The van der Waals surface area contributed by atoms with Crippen LogP contribution >= 0.6 is 0 Å². The van der Waals surface area contributed by atoms with Gasteiger partial charge in [-0.3, -0.25) is 9.59 Å². The Morgan fingerprint density at radius 2 is 1.66 bits per heavy atom. The maximum Gasteiger partial charge on any atom is 0.490 e. The molecule has 4 fully saturated rings. The number of piperidine rings is 1. The molecule has 1 N–H and O–H groups in total. The SMILES string of the molecule is CN1C[C@H]2C3(CCN(C(=O)c4ccoc4)CC3)CC[C@@]2(C(=O)N2CCCC2)C1.O=C(O)C(F)(F)F. The summed E-state index contributed by atoms with van der Waals surface area (Å²) in [6.07, 6.45) is 4.51. The molecule has 0 radical (unpaired) electrons. The predicted octanol–water partition coefficient (Wildman–Crippen LogP) is 3.10. The van der Waals surface area contributed by atoms with Crippen LogP contribution in [0.4, 0.5) is 13.2 Å². The summed E-state index contributed by atoms with van der Waals surface area (Å²) in [5, 5.41) is 7.12. The smallest absolute Gasteiger partial charge is 0.475 e. The Morgan fingerprint density at radius 1 is 1.03 bits per heavy atom. The Kier molecular flexibility index (Phi) is 6.91. The van der Waals surface area contributed by atoms with Crippen molar-refractivity contribution in [2.24, 2.45) is 16.7 Å². The van der Waals surface area contributed by atoms with E-state index < -0.39 is 12.1 Å². The summed E-state index contributed by atoms with van der Waals surface area (Å²) in [5.41, 5.74) is 0.671. The van der Waals surface area contributed by atoms with Crippen molar-refractivity contribution in [2.75, 3.05) is 46.3 Å². The number of furan rings is 1. The summed E-state index contributed by atoms with van der Waals surface area (Å²) in [6, 6.07) is 1.74. The van der Waals surface area contributed by atoms with E-state index in [2.05, 4.69) is 16.8 Å². The van der Waals surface area contributed by atoms with Gasteiger partial charge < -0.3 is 24.2 Å². The first-order chi connectivity index (χ1) is 16.5. The van der Waals surface area contributed by atoms with Crippen LogP contribution < -0.4 is 0 Å². The number of likely N-dealkylation sites (tertiary alicyclic amines) is 3. The summed E-state index contributed by atoms with van der Waals surface area (Å²) in [4.78, 5) is 41.6. The highest BCUT2D eigenvalue weighted by atomic mass is 19.4. The number of rotatable bonds is 2. The van der Waals surface area contributed by atoms with Gasteiger partial charge in [-0.2, -0.15) is 13.2 Å². The monoisotopic (exact) mass is 499 g/mol. The summed E-state index contributed by atoms with van der Waals surface area (Å²) in [6.45, 7) is 5.39. The van der Waals surface area contributed by atoms with Gasteiger partial charge in [-0.25, -0.2) is 4.79 Å². The van der Waals surface area contributed by atoms with Crippen molar-refractivity contribution in [2.45, 2.75) is 44.7 Å². The summed E-state index contributed by atoms with van der Waals surface area (Å²) < 4.78 is 36.8. The highest BCUT2D eigenvalue weighted by Gasteiger charge is 2.64. The Balaban J connectivity index is 0.000000364. The number of amides is 2.